The largest absolute Gasteiger partial charge is 0.379 e. The van der Waals surface area contributed by atoms with Crippen molar-refractivity contribution in [2.75, 3.05) is 11.9 Å². The first kappa shape index (κ1) is 12.9. The molecule has 0 heterocycles. The van der Waals surface area contributed by atoms with Gasteiger partial charge in [-0.2, -0.15) is 0 Å². The quantitative estimate of drug-likeness (QED) is 0.613. The molecule has 0 unspecified atom stereocenters. The third-order valence-corrected chi connectivity index (χ3v) is 3.81. The first-order valence-electron chi connectivity index (χ1n) is 6.56. The molecule has 0 aliphatic heterocycles. The predicted octanol–water partition coefficient (Wildman–Crippen LogP) is 3.90. The van der Waals surface area contributed by atoms with Crippen LogP contribution in [0.15, 0.2) is 18.2 Å². The molecule has 1 aliphatic rings. The SMILES string of the molecule is CCCC1(CNc2cccc(C)c2[N+](=O)[O-])CC1. The summed E-state index contributed by atoms with van der Waals surface area (Å²) in [5.74, 6) is 0. The highest BCUT2D eigenvalue weighted by atomic mass is 16.6. The van der Waals surface area contributed by atoms with Crippen molar-refractivity contribution in [2.24, 2.45) is 5.41 Å². The van der Waals surface area contributed by atoms with Crippen molar-refractivity contribution < 1.29 is 4.92 Å². The number of benzene rings is 1. The number of hydrogen-bond acceptors (Lipinski definition) is 3. The zero-order valence-corrected chi connectivity index (χ0v) is 11.0. The van der Waals surface area contributed by atoms with Crippen molar-refractivity contribution in [3.8, 4) is 0 Å². The van der Waals surface area contributed by atoms with Gasteiger partial charge in [-0.05, 0) is 37.7 Å². The topological polar surface area (TPSA) is 55.2 Å². The van der Waals surface area contributed by atoms with E-state index in [9.17, 15) is 10.1 Å². The Kier molecular flexibility index (Phi) is 3.55. The van der Waals surface area contributed by atoms with E-state index in [-0.39, 0.29) is 10.6 Å². The highest BCUT2D eigenvalue weighted by molar-refractivity contribution is 5.65. The smallest absolute Gasteiger partial charge is 0.295 e. The molecule has 1 N–H and O–H groups in total. The van der Waals surface area contributed by atoms with Crippen molar-refractivity contribution >= 4 is 11.4 Å². The second kappa shape index (κ2) is 4.96. The molecule has 1 saturated carbocycles. The Morgan fingerprint density at radius 2 is 2.17 bits per heavy atom. The molecule has 18 heavy (non-hydrogen) atoms. The minimum Gasteiger partial charge on any atom is -0.379 e. The van der Waals surface area contributed by atoms with E-state index in [0.29, 0.717) is 16.7 Å². The van der Waals surface area contributed by atoms with Gasteiger partial charge in [-0.1, -0.05) is 25.5 Å². The third-order valence-electron chi connectivity index (χ3n) is 3.81. The van der Waals surface area contributed by atoms with Gasteiger partial charge >= 0.3 is 0 Å². The lowest BCUT2D eigenvalue weighted by atomic mass is 10.0. The molecule has 0 saturated heterocycles. The Morgan fingerprint density at radius 1 is 1.44 bits per heavy atom. The van der Waals surface area contributed by atoms with Crippen LogP contribution < -0.4 is 5.32 Å². The van der Waals surface area contributed by atoms with Crippen molar-refractivity contribution in [3.05, 3.63) is 33.9 Å². The molecule has 0 spiro atoms. The van der Waals surface area contributed by atoms with E-state index in [4.69, 9.17) is 0 Å². The first-order valence-corrected chi connectivity index (χ1v) is 6.56. The van der Waals surface area contributed by atoms with E-state index in [1.54, 1.807) is 19.1 Å². The van der Waals surface area contributed by atoms with Crippen molar-refractivity contribution in [2.45, 2.75) is 39.5 Å². The monoisotopic (exact) mass is 248 g/mol. The van der Waals surface area contributed by atoms with Crippen LogP contribution in [-0.2, 0) is 0 Å². The van der Waals surface area contributed by atoms with Gasteiger partial charge in [-0.15, -0.1) is 0 Å². The van der Waals surface area contributed by atoms with Crippen LogP contribution in [0.2, 0.25) is 0 Å². The summed E-state index contributed by atoms with van der Waals surface area (Å²) in [4.78, 5) is 10.8. The summed E-state index contributed by atoms with van der Waals surface area (Å²) in [5.41, 5.74) is 1.98. The van der Waals surface area contributed by atoms with Crippen molar-refractivity contribution in [3.63, 3.8) is 0 Å². The Bertz CT molecular complexity index is 453. The standard InChI is InChI=1S/C14H20N2O2/c1-3-7-14(8-9-14)10-15-12-6-4-5-11(2)13(12)16(17)18/h4-6,15H,3,7-10H2,1-2H3. The van der Waals surface area contributed by atoms with Crippen LogP contribution in [0.1, 0.15) is 38.2 Å². The lowest BCUT2D eigenvalue weighted by Crippen LogP contribution is -2.16. The Hall–Kier alpha value is -1.58. The fourth-order valence-corrected chi connectivity index (χ4v) is 2.55. The summed E-state index contributed by atoms with van der Waals surface area (Å²) < 4.78 is 0. The maximum Gasteiger partial charge on any atom is 0.295 e. The number of nitro benzene ring substituents is 1. The van der Waals surface area contributed by atoms with Crippen LogP contribution in [0.4, 0.5) is 11.4 Å². The summed E-state index contributed by atoms with van der Waals surface area (Å²) in [6.07, 6.45) is 4.87. The van der Waals surface area contributed by atoms with Gasteiger partial charge < -0.3 is 5.32 Å². The minimum absolute atomic E-state index is 0.213. The molecule has 1 aliphatic carbocycles. The van der Waals surface area contributed by atoms with E-state index in [1.165, 1.54) is 25.7 Å². The Labute approximate surface area is 108 Å². The van der Waals surface area contributed by atoms with Crippen LogP contribution in [0.5, 0.6) is 0 Å². The van der Waals surface area contributed by atoms with Gasteiger partial charge in [-0.3, -0.25) is 10.1 Å². The Balaban J connectivity index is 2.10. The van der Waals surface area contributed by atoms with Crippen molar-refractivity contribution in [1.82, 2.24) is 0 Å². The summed E-state index contributed by atoms with van der Waals surface area (Å²) >= 11 is 0. The van der Waals surface area contributed by atoms with E-state index >= 15 is 0 Å². The predicted molar refractivity (Wildman–Crippen MR) is 72.9 cm³/mol. The summed E-state index contributed by atoms with van der Waals surface area (Å²) in [6, 6.07) is 5.44. The molecular weight excluding hydrogens is 228 g/mol. The first-order chi connectivity index (χ1) is 8.58. The number of nitrogens with one attached hydrogen (secondary N) is 1. The second-order valence-electron chi connectivity index (χ2n) is 5.33. The molecule has 0 bridgehead atoms. The molecule has 4 nitrogen and oxygen atoms in total. The highest BCUT2D eigenvalue weighted by Gasteiger charge is 2.41. The molecule has 1 aromatic carbocycles. The normalized spacial score (nSPS) is 16.3. The van der Waals surface area contributed by atoms with Crippen LogP contribution in [0.3, 0.4) is 0 Å². The average molecular weight is 248 g/mol. The number of nitro groups is 1. The molecule has 0 radical (unpaired) electrons. The van der Waals surface area contributed by atoms with Gasteiger partial charge in [0, 0.05) is 12.1 Å². The molecular formula is C14H20N2O2. The van der Waals surface area contributed by atoms with Gasteiger partial charge in [0.15, 0.2) is 0 Å². The summed E-state index contributed by atoms with van der Waals surface area (Å²) in [7, 11) is 0. The fourth-order valence-electron chi connectivity index (χ4n) is 2.55. The molecule has 98 valence electrons. The molecule has 0 amide bonds. The third kappa shape index (κ3) is 2.63. The second-order valence-corrected chi connectivity index (χ2v) is 5.33. The summed E-state index contributed by atoms with van der Waals surface area (Å²) in [6.45, 7) is 4.82. The number of para-hydroxylation sites is 1. The minimum atomic E-state index is -0.295. The van der Waals surface area contributed by atoms with E-state index < -0.39 is 0 Å². The van der Waals surface area contributed by atoms with Crippen molar-refractivity contribution in [1.29, 1.82) is 0 Å². The zero-order chi connectivity index (χ0) is 13.2. The van der Waals surface area contributed by atoms with Gasteiger partial charge in [0.05, 0.1) is 4.92 Å². The maximum atomic E-state index is 11.1. The van der Waals surface area contributed by atoms with E-state index in [0.717, 1.165) is 6.54 Å². The van der Waals surface area contributed by atoms with E-state index in [2.05, 4.69) is 12.2 Å². The molecule has 1 fully saturated rings. The van der Waals surface area contributed by atoms with Gasteiger partial charge in [-0.25, -0.2) is 0 Å². The van der Waals surface area contributed by atoms with Crippen LogP contribution >= 0.6 is 0 Å². The van der Waals surface area contributed by atoms with Crippen LogP contribution in [0.25, 0.3) is 0 Å². The lowest BCUT2D eigenvalue weighted by molar-refractivity contribution is -0.384. The lowest BCUT2D eigenvalue weighted by Gasteiger charge is -2.16. The van der Waals surface area contributed by atoms with Crippen LogP contribution in [-0.4, -0.2) is 11.5 Å². The molecule has 2 rings (SSSR count). The molecule has 0 atom stereocenters. The fraction of sp³-hybridized carbons (Fsp3) is 0.571. The number of anilines is 1. The highest BCUT2D eigenvalue weighted by Crippen LogP contribution is 2.49. The number of hydrogen-bond donors (Lipinski definition) is 1. The zero-order valence-electron chi connectivity index (χ0n) is 11.0. The molecule has 0 aromatic heterocycles. The number of aryl methyl sites for hydroxylation is 1. The average Bonchev–Trinajstić information content (AvgIpc) is 3.07. The van der Waals surface area contributed by atoms with Gasteiger partial charge in [0.1, 0.15) is 5.69 Å². The van der Waals surface area contributed by atoms with Crippen LogP contribution in [0, 0.1) is 22.5 Å². The van der Waals surface area contributed by atoms with Gasteiger partial charge in [0.2, 0.25) is 0 Å². The number of nitrogens with zero attached hydrogens (tertiary/aromatic N) is 1. The van der Waals surface area contributed by atoms with Gasteiger partial charge in [0.25, 0.3) is 5.69 Å². The number of rotatable bonds is 6. The Morgan fingerprint density at radius 3 is 2.72 bits per heavy atom. The molecule has 4 heteroatoms. The molecule has 1 aromatic rings. The maximum absolute atomic E-state index is 11.1. The van der Waals surface area contributed by atoms with E-state index in [1.807, 2.05) is 6.07 Å². The summed E-state index contributed by atoms with van der Waals surface area (Å²) in [5, 5.41) is 14.4.